The van der Waals surface area contributed by atoms with Crippen LogP contribution < -0.4 is 0 Å². The van der Waals surface area contributed by atoms with Crippen LogP contribution in [0, 0.1) is 6.92 Å². The van der Waals surface area contributed by atoms with Crippen LogP contribution in [0.15, 0.2) is 6.07 Å². The molecule has 0 aliphatic heterocycles. The number of imidazole rings is 1. The van der Waals surface area contributed by atoms with Crippen LogP contribution in [-0.4, -0.2) is 14.5 Å². The second kappa shape index (κ2) is 3.24. The van der Waals surface area contributed by atoms with E-state index in [4.69, 9.17) is 11.6 Å². The lowest BCUT2D eigenvalue weighted by atomic mass is 10.1. The molecule has 3 nitrogen and oxygen atoms in total. The molecule has 74 valence electrons. The number of nitrogens with zero attached hydrogens (tertiary/aromatic N) is 3. The fourth-order valence-corrected chi connectivity index (χ4v) is 1.74. The van der Waals surface area contributed by atoms with Crippen LogP contribution in [0.1, 0.15) is 18.2 Å². The Hall–Kier alpha value is -1.09. The first-order valence-electron chi connectivity index (χ1n) is 4.62. The predicted molar refractivity (Wildman–Crippen MR) is 57.6 cm³/mol. The Morgan fingerprint density at radius 2 is 2.14 bits per heavy atom. The number of rotatable bonds is 1. The van der Waals surface area contributed by atoms with Crippen LogP contribution in [0.25, 0.3) is 11.2 Å². The van der Waals surface area contributed by atoms with Gasteiger partial charge in [-0.2, -0.15) is 0 Å². The van der Waals surface area contributed by atoms with Gasteiger partial charge >= 0.3 is 0 Å². The van der Waals surface area contributed by atoms with Gasteiger partial charge in [-0.05, 0) is 36.6 Å². The van der Waals surface area contributed by atoms with Crippen molar-refractivity contribution in [2.24, 2.45) is 7.05 Å². The first kappa shape index (κ1) is 9.46. The molecule has 0 N–H and O–H groups in total. The van der Waals surface area contributed by atoms with Gasteiger partial charge in [0.25, 0.3) is 0 Å². The summed E-state index contributed by atoms with van der Waals surface area (Å²) in [6.07, 6.45) is 0.975. The van der Waals surface area contributed by atoms with Crippen LogP contribution in [0.5, 0.6) is 0 Å². The second-order valence-corrected chi connectivity index (χ2v) is 3.71. The average Bonchev–Trinajstić information content (AvgIpc) is 2.43. The van der Waals surface area contributed by atoms with Crippen molar-refractivity contribution in [3.05, 3.63) is 22.6 Å². The summed E-state index contributed by atoms with van der Waals surface area (Å²) in [5.74, 6) is 0. The van der Waals surface area contributed by atoms with E-state index in [0.29, 0.717) is 5.28 Å². The molecule has 0 aromatic carbocycles. The zero-order chi connectivity index (χ0) is 10.3. The molecule has 0 saturated carbocycles. The van der Waals surface area contributed by atoms with Gasteiger partial charge in [0.05, 0.1) is 0 Å². The Morgan fingerprint density at radius 3 is 2.79 bits per heavy atom. The van der Waals surface area contributed by atoms with Crippen molar-refractivity contribution in [1.82, 2.24) is 14.5 Å². The van der Waals surface area contributed by atoms with Crippen molar-refractivity contribution in [2.75, 3.05) is 0 Å². The zero-order valence-electron chi connectivity index (χ0n) is 8.50. The van der Waals surface area contributed by atoms with E-state index in [1.807, 2.05) is 14.0 Å². The van der Waals surface area contributed by atoms with Crippen LogP contribution in [0.3, 0.4) is 0 Å². The maximum atomic E-state index is 5.91. The molecule has 0 unspecified atom stereocenters. The molecule has 4 heteroatoms. The van der Waals surface area contributed by atoms with E-state index in [9.17, 15) is 0 Å². The molecule has 2 aromatic heterocycles. The van der Waals surface area contributed by atoms with Gasteiger partial charge in [0.1, 0.15) is 5.52 Å². The Labute approximate surface area is 87.7 Å². The van der Waals surface area contributed by atoms with Crippen molar-refractivity contribution in [2.45, 2.75) is 20.3 Å². The average molecular weight is 210 g/mol. The lowest BCUT2D eigenvalue weighted by molar-refractivity contribution is 0.924. The van der Waals surface area contributed by atoms with Crippen molar-refractivity contribution >= 4 is 22.8 Å². The molecule has 0 saturated heterocycles. The molecule has 0 bridgehead atoms. The second-order valence-electron chi connectivity index (χ2n) is 3.37. The van der Waals surface area contributed by atoms with Crippen LogP contribution >= 0.6 is 11.6 Å². The number of fused-ring (bicyclic) bond motifs is 1. The Balaban J connectivity index is 2.79. The maximum Gasteiger partial charge on any atom is 0.204 e. The molecule has 0 amide bonds. The first-order valence-corrected chi connectivity index (χ1v) is 4.99. The third kappa shape index (κ3) is 1.28. The Bertz CT molecular complexity index is 488. The summed E-state index contributed by atoms with van der Waals surface area (Å²) >= 11 is 5.91. The van der Waals surface area contributed by atoms with Crippen molar-refractivity contribution in [1.29, 1.82) is 0 Å². The summed E-state index contributed by atoms with van der Waals surface area (Å²) in [5, 5.41) is 0.486. The number of pyridine rings is 1. The largest absolute Gasteiger partial charge is 0.302 e. The monoisotopic (exact) mass is 209 g/mol. The van der Waals surface area contributed by atoms with Crippen molar-refractivity contribution in [3.8, 4) is 0 Å². The number of aromatic nitrogens is 3. The Kier molecular flexibility index (Phi) is 2.19. The lowest BCUT2D eigenvalue weighted by Gasteiger charge is -2.02. The van der Waals surface area contributed by atoms with Gasteiger partial charge in [0.15, 0.2) is 5.65 Å². The topological polar surface area (TPSA) is 30.7 Å². The summed E-state index contributed by atoms with van der Waals surface area (Å²) in [6.45, 7) is 4.12. The molecule has 0 radical (unpaired) electrons. The van der Waals surface area contributed by atoms with E-state index < -0.39 is 0 Å². The minimum atomic E-state index is 0.486. The van der Waals surface area contributed by atoms with Gasteiger partial charge in [-0.25, -0.2) is 9.97 Å². The smallest absolute Gasteiger partial charge is 0.204 e. The summed E-state index contributed by atoms with van der Waals surface area (Å²) < 4.78 is 1.79. The lowest BCUT2D eigenvalue weighted by Crippen LogP contribution is -1.95. The van der Waals surface area contributed by atoms with Crippen molar-refractivity contribution in [3.63, 3.8) is 0 Å². The minimum absolute atomic E-state index is 0.486. The summed E-state index contributed by atoms with van der Waals surface area (Å²) in [7, 11) is 1.87. The van der Waals surface area contributed by atoms with E-state index >= 15 is 0 Å². The molecular weight excluding hydrogens is 198 g/mol. The summed E-state index contributed by atoms with van der Waals surface area (Å²) in [6, 6.07) is 2.06. The highest BCUT2D eigenvalue weighted by Gasteiger charge is 2.09. The fraction of sp³-hybridized carbons (Fsp3) is 0.400. The van der Waals surface area contributed by atoms with Gasteiger partial charge in [0.2, 0.25) is 5.28 Å². The first-order chi connectivity index (χ1) is 6.63. The molecule has 2 rings (SSSR count). The predicted octanol–water partition coefficient (Wildman–Crippen LogP) is 2.49. The van der Waals surface area contributed by atoms with Crippen LogP contribution in [-0.2, 0) is 13.5 Å². The van der Waals surface area contributed by atoms with Gasteiger partial charge in [-0.15, -0.1) is 0 Å². The van der Waals surface area contributed by atoms with Crippen LogP contribution in [0.2, 0.25) is 5.28 Å². The molecule has 2 aromatic rings. The van der Waals surface area contributed by atoms with E-state index in [0.717, 1.165) is 23.3 Å². The molecule has 14 heavy (non-hydrogen) atoms. The van der Waals surface area contributed by atoms with E-state index in [-0.39, 0.29) is 0 Å². The summed E-state index contributed by atoms with van der Waals surface area (Å²) in [4.78, 5) is 8.71. The number of hydrogen-bond acceptors (Lipinski definition) is 2. The highest BCUT2D eigenvalue weighted by atomic mass is 35.5. The number of aryl methyl sites for hydroxylation is 3. The SMILES string of the molecule is CCc1cc2nc(Cl)n(C)c2nc1C. The molecule has 0 fully saturated rings. The van der Waals surface area contributed by atoms with Gasteiger partial charge in [-0.3, -0.25) is 0 Å². The standard InChI is InChI=1S/C10H12ClN3/c1-4-7-5-8-9(12-6(7)2)14(3)10(11)13-8/h5H,4H2,1-3H3. The van der Waals surface area contributed by atoms with Gasteiger partial charge < -0.3 is 4.57 Å². The minimum Gasteiger partial charge on any atom is -0.302 e. The van der Waals surface area contributed by atoms with Gasteiger partial charge in [-0.1, -0.05) is 6.92 Å². The quantitative estimate of drug-likeness (QED) is 0.723. The molecule has 2 heterocycles. The van der Waals surface area contributed by atoms with E-state index in [2.05, 4.69) is 23.0 Å². The van der Waals surface area contributed by atoms with E-state index in [1.165, 1.54) is 5.56 Å². The van der Waals surface area contributed by atoms with Crippen molar-refractivity contribution < 1.29 is 0 Å². The Morgan fingerprint density at radius 1 is 1.43 bits per heavy atom. The number of hydrogen-bond donors (Lipinski definition) is 0. The maximum absolute atomic E-state index is 5.91. The number of halogens is 1. The van der Waals surface area contributed by atoms with E-state index in [1.54, 1.807) is 4.57 Å². The highest BCUT2D eigenvalue weighted by Crippen LogP contribution is 2.19. The molecule has 0 aliphatic carbocycles. The molecule has 0 atom stereocenters. The highest BCUT2D eigenvalue weighted by molar-refractivity contribution is 6.29. The third-order valence-electron chi connectivity index (χ3n) is 2.47. The molecule has 0 aliphatic rings. The molecule has 0 spiro atoms. The zero-order valence-corrected chi connectivity index (χ0v) is 9.26. The summed E-state index contributed by atoms with van der Waals surface area (Å²) in [5.41, 5.74) is 4.01. The third-order valence-corrected chi connectivity index (χ3v) is 2.80. The van der Waals surface area contributed by atoms with Crippen LogP contribution in [0.4, 0.5) is 0 Å². The fourth-order valence-electron chi connectivity index (χ4n) is 1.57. The van der Waals surface area contributed by atoms with Gasteiger partial charge in [0, 0.05) is 12.7 Å². The normalized spacial score (nSPS) is 11.1. The molecular formula is C10H12ClN3.